The quantitative estimate of drug-likeness (QED) is 0.564. The summed E-state index contributed by atoms with van der Waals surface area (Å²) in [7, 11) is 0. The van der Waals surface area contributed by atoms with Crippen molar-refractivity contribution in [3.63, 3.8) is 0 Å². The number of rotatable bonds is 7. The van der Waals surface area contributed by atoms with Gasteiger partial charge in [0.1, 0.15) is 0 Å². The van der Waals surface area contributed by atoms with E-state index in [0.717, 1.165) is 0 Å². The Morgan fingerprint density at radius 1 is 0.933 bits per heavy atom. The third kappa shape index (κ3) is 6.59. The molecule has 0 aromatic heterocycles. The molecule has 0 atom stereocenters. The topological polar surface area (TPSA) is 3.24 Å². The Bertz CT molecular complexity index is 157. The van der Waals surface area contributed by atoms with Gasteiger partial charge >= 0.3 is 0 Å². The van der Waals surface area contributed by atoms with E-state index in [-0.39, 0.29) is 0 Å². The fraction of sp³-hybridized carbons (Fsp3) is 0.857. The van der Waals surface area contributed by atoms with Gasteiger partial charge in [0.25, 0.3) is 0 Å². The SMILES string of the molecule is CCCCCCC/C=C/N1CCCCC1. The Kier molecular flexibility index (Phi) is 7.41. The lowest BCUT2D eigenvalue weighted by atomic mass is 10.1. The summed E-state index contributed by atoms with van der Waals surface area (Å²) in [6.07, 6.45) is 17.2. The van der Waals surface area contributed by atoms with E-state index in [4.69, 9.17) is 0 Å². The maximum absolute atomic E-state index is 2.48. The second-order valence-corrected chi connectivity index (χ2v) is 4.68. The fourth-order valence-electron chi connectivity index (χ4n) is 2.16. The van der Waals surface area contributed by atoms with Gasteiger partial charge in [-0.2, -0.15) is 0 Å². The van der Waals surface area contributed by atoms with Gasteiger partial charge in [-0.05, 0) is 38.3 Å². The van der Waals surface area contributed by atoms with Crippen molar-refractivity contribution in [2.45, 2.75) is 64.7 Å². The number of likely N-dealkylation sites (tertiary alicyclic amines) is 1. The van der Waals surface area contributed by atoms with Crippen LogP contribution in [0.1, 0.15) is 64.7 Å². The summed E-state index contributed by atoms with van der Waals surface area (Å²) in [6.45, 7) is 4.84. The minimum Gasteiger partial charge on any atom is -0.378 e. The van der Waals surface area contributed by atoms with Crippen LogP contribution in [0.15, 0.2) is 12.3 Å². The summed E-state index contributed by atoms with van der Waals surface area (Å²) in [4.78, 5) is 2.48. The van der Waals surface area contributed by atoms with Crippen LogP contribution in [0.2, 0.25) is 0 Å². The van der Waals surface area contributed by atoms with Crippen LogP contribution in [0.25, 0.3) is 0 Å². The molecule has 1 aliphatic rings. The van der Waals surface area contributed by atoms with Crippen LogP contribution in [0.5, 0.6) is 0 Å². The molecule has 1 nitrogen and oxygen atoms in total. The molecule has 0 unspecified atom stereocenters. The predicted molar refractivity (Wildman–Crippen MR) is 67.9 cm³/mol. The van der Waals surface area contributed by atoms with Crippen molar-refractivity contribution in [2.24, 2.45) is 0 Å². The lowest BCUT2D eigenvalue weighted by molar-refractivity contribution is 0.308. The summed E-state index contributed by atoms with van der Waals surface area (Å²) in [5, 5.41) is 0. The molecule has 0 aromatic rings. The van der Waals surface area contributed by atoms with Crippen molar-refractivity contribution in [2.75, 3.05) is 13.1 Å². The Labute approximate surface area is 95.5 Å². The first-order chi connectivity index (χ1) is 7.43. The molecule has 0 aliphatic carbocycles. The van der Waals surface area contributed by atoms with Gasteiger partial charge in [-0.15, -0.1) is 0 Å². The average molecular weight is 209 g/mol. The molecule has 1 aliphatic heterocycles. The molecule has 0 N–H and O–H groups in total. The molecule has 0 spiro atoms. The Morgan fingerprint density at radius 2 is 1.67 bits per heavy atom. The summed E-state index contributed by atoms with van der Waals surface area (Å²) in [6, 6.07) is 0. The molecule has 88 valence electrons. The van der Waals surface area contributed by atoms with Gasteiger partial charge in [0, 0.05) is 13.1 Å². The second-order valence-electron chi connectivity index (χ2n) is 4.68. The van der Waals surface area contributed by atoms with E-state index in [1.165, 1.54) is 70.9 Å². The van der Waals surface area contributed by atoms with Gasteiger partial charge < -0.3 is 4.90 Å². The predicted octanol–water partition coefficient (Wildman–Crippen LogP) is 4.35. The molecule has 0 saturated carbocycles. The zero-order chi connectivity index (χ0) is 10.8. The van der Waals surface area contributed by atoms with Gasteiger partial charge in [-0.3, -0.25) is 0 Å². The maximum Gasteiger partial charge on any atom is 0.0172 e. The molecule has 0 bridgehead atoms. The van der Waals surface area contributed by atoms with Crippen molar-refractivity contribution in [3.8, 4) is 0 Å². The Morgan fingerprint density at radius 3 is 2.40 bits per heavy atom. The minimum absolute atomic E-state index is 1.28. The van der Waals surface area contributed by atoms with E-state index in [0.29, 0.717) is 0 Å². The normalized spacial score (nSPS) is 17.5. The highest BCUT2D eigenvalue weighted by Gasteiger charge is 2.04. The summed E-state index contributed by atoms with van der Waals surface area (Å²) < 4.78 is 0. The van der Waals surface area contributed by atoms with E-state index in [1.807, 2.05) is 0 Å². The van der Waals surface area contributed by atoms with Gasteiger partial charge in [-0.25, -0.2) is 0 Å². The minimum atomic E-state index is 1.28. The Hall–Kier alpha value is -0.460. The molecular formula is C14H27N. The van der Waals surface area contributed by atoms with Crippen molar-refractivity contribution >= 4 is 0 Å². The van der Waals surface area contributed by atoms with E-state index in [9.17, 15) is 0 Å². The maximum atomic E-state index is 2.48. The zero-order valence-corrected chi connectivity index (χ0v) is 10.4. The molecular weight excluding hydrogens is 182 g/mol. The molecule has 0 amide bonds. The number of nitrogens with zero attached hydrogens (tertiary/aromatic N) is 1. The van der Waals surface area contributed by atoms with Crippen molar-refractivity contribution < 1.29 is 0 Å². The highest BCUT2D eigenvalue weighted by Crippen LogP contribution is 2.10. The molecule has 1 saturated heterocycles. The Balaban J connectivity index is 1.91. The largest absolute Gasteiger partial charge is 0.378 e. The molecule has 0 radical (unpaired) electrons. The number of piperidine rings is 1. The van der Waals surface area contributed by atoms with Gasteiger partial charge in [0.15, 0.2) is 0 Å². The lowest BCUT2D eigenvalue weighted by Gasteiger charge is -2.24. The van der Waals surface area contributed by atoms with Gasteiger partial charge in [-0.1, -0.05) is 38.7 Å². The smallest absolute Gasteiger partial charge is 0.0172 e. The molecule has 1 rings (SSSR count). The third-order valence-corrected chi connectivity index (χ3v) is 3.18. The number of hydrogen-bond donors (Lipinski definition) is 0. The van der Waals surface area contributed by atoms with Crippen LogP contribution in [0, 0.1) is 0 Å². The van der Waals surface area contributed by atoms with Crippen LogP contribution in [-0.2, 0) is 0 Å². The van der Waals surface area contributed by atoms with Gasteiger partial charge in [0.05, 0.1) is 0 Å². The van der Waals surface area contributed by atoms with Crippen LogP contribution in [0.3, 0.4) is 0 Å². The number of hydrogen-bond acceptors (Lipinski definition) is 1. The van der Waals surface area contributed by atoms with Crippen LogP contribution in [-0.4, -0.2) is 18.0 Å². The second kappa shape index (κ2) is 8.82. The summed E-state index contributed by atoms with van der Waals surface area (Å²) in [5.74, 6) is 0. The highest BCUT2D eigenvalue weighted by atomic mass is 15.1. The molecule has 1 heterocycles. The van der Waals surface area contributed by atoms with E-state index < -0.39 is 0 Å². The standard InChI is InChI=1S/C14H27N/c1-2-3-4-5-6-7-9-12-15-13-10-8-11-14-15/h9,12H,2-8,10-11,13-14H2,1H3/b12-9+. The van der Waals surface area contributed by atoms with Crippen molar-refractivity contribution in [3.05, 3.63) is 12.3 Å². The first-order valence-corrected chi connectivity index (χ1v) is 6.84. The molecule has 0 aromatic carbocycles. The summed E-state index contributed by atoms with van der Waals surface area (Å²) >= 11 is 0. The van der Waals surface area contributed by atoms with E-state index in [1.54, 1.807) is 0 Å². The molecule has 1 fully saturated rings. The van der Waals surface area contributed by atoms with Crippen molar-refractivity contribution in [1.29, 1.82) is 0 Å². The third-order valence-electron chi connectivity index (χ3n) is 3.18. The molecule has 1 heteroatoms. The monoisotopic (exact) mass is 209 g/mol. The highest BCUT2D eigenvalue weighted by molar-refractivity contribution is 4.83. The number of unbranched alkanes of at least 4 members (excludes halogenated alkanes) is 5. The van der Waals surface area contributed by atoms with Crippen molar-refractivity contribution in [1.82, 2.24) is 4.90 Å². The van der Waals surface area contributed by atoms with Gasteiger partial charge in [0.2, 0.25) is 0 Å². The fourth-order valence-corrected chi connectivity index (χ4v) is 2.16. The van der Waals surface area contributed by atoms with Crippen LogP contribution >= 0.6 is 0 Å². The molecule has 15 heavy (non-hydrogen) atoms. The van der Waals surface area contributed by atoms with Crippen LogP contribution in [0.4, 0.5) is 0 Å². The lowest BCUT2D eigenvalue weighted by Crippen LogP contribution is -2.23. The number of allylic oxidation sites excluding steroid dienone is 1. The zero-order valence-electron chi connectivity index (χ0n) is 10.4. The van der Waals surface area contributed by atoms with Crippen LogP contribution < -0.4 is 0 Å². The summed E-state index contributed by atoms with van der Waals surface area (Å²) in [5.41, 5.74) is 0. The van der Waals surface area contributed by atoms with E-state index in [2.05, 4.69) is 24.1 Å². The first-order valence-electron chi connectivity index (χ1n) is 6.84. The average Bonchev–Trinajstić information content (AvgIpc) is 2.29. The first kappa shape index (κ1) is 12.6. The van der Waals surface area contributed by atoms with E-state index >= 15 is 0 Å².